The third-order valence-electron chi connectivity index (χ3n) is 3.83. The van der Waals surface area contributed by atoms with Crippen LogP contribution in [0.25, 0.3) is 0 Å². The Kier molecular flexibility index (Phi) is 7.25. The van der Waals surface area contributed by atoms with Crippen LogP contribution in [0.2, 0.25) is 0 Å². The Balaban J connectivity index is 2.24. The van der Waals surface area contributed by atoms with Crippen LogP contribution in [0.5, 0.6) is 0 Å². The largest absolute Gasteiger partial charge is 0.469 e. The van der Waals surface area contributed by atoms with Gasteiger partial charge in [0.15, 0.2) is 0 Å². The molecule has 0 aliphatic rings. The third-order valence-corrected chi connectivity index (χ3v) is 5.73. The standard InChI is InChI=1S/C18H16BrF2NO5S/c1-27-16(23)10-15(12-3-2-4-13(19)9-12)22-17(24)11-5-7-14(8-6-11)28(25,26)18(20)21/h2-9,15,18H,10H2,1H3,(H,22,24). The molecule has 0 saturated carbocycles. The highest BCUT2D eigenvalue weighted by molar-refractivity contribution is 9.10. The molecule has 1 N–H and O–H groups in total. The summed E-state index contributed by atoms with van der Waals surface area (Å²) in [5.74, 6) is -4.69. The smallest absolute Gasteiger partial charge is 0.341 e. The summed E-state index contributed by atoms with van der Waals surface area (Å²) in [6, 6.07) is 10.4. The summed E-state index contributed by atoms with van der Waals surface area (Å²) in [5.41, 5.74) is 0.697. The molecule has 0 aromatic heterocycles. The Morgan fingerprint density at radius 3 is 2.32 bits per heavy atom. The molecule has 0 radical (unpaired) electrons. The van der Waals surface area contributed by atoms with Gasteiger partial charge in [0, 0.05) is 10.0 Å². The van der Waals surface area contributed by atoms with Crippen LogP contribution in [-0.4, -0.2) is 33.2 Å². The fraction of sp³-hybridized carbons (Fsp3) is 0.222. The molecule has 2 aromatic carbocycles. The number of rotatable bonds is 7. The molecule has 0 aliphatic carbocycles. The SMILES string of the molecule is COC(=O)CC(NC(=O)c1ccc(S(=O)(=O)C(F)F)cc1)c1cccc(Br)c1. The lowest BCUT2D eigenvalue weighted by Crippen LogP contribution is -2.30. The summed E-state index contributed by atoms with van der Waals surface area (Å²) < 4.78 is 53.5. The summed E-state index contributed by atoms with van der Waals surface area (Å²) in [6.45, 7) is 0. The molecule has 150 valence electrons. The Morgan fingerprint density at radius 2 is 1.79 bits per heavy atom. The molecule has 0 saturated heterocycles. The maximum atomic E-state index is 12.6. The molecule has 0 fully saturated rings. The Morgan fingerprint density at radius 1 is 1.14 bits per heavy atom. The zero-order chi connectivity index (χ0) is 20.9. The van der Waals surface area contributed by atoms with Gasteiger partial charge in [0.1, 0.15) is 0 Å². The first-order chi connectivity index (χ1) is 13.1. The van der Waals surface area contributed by atoms with Crippen molar-refractivity contribution in [1.29, 1.82) is 0 Å². The zero-order valence-electron chi connectivity index (χ0n) is 14.6. The van der Waals surface area contributed by atoms with E-state index in [4.69, 9.17) is 0 Å². The normalized spacial score (nSPS) is 12.5. The van der Waals surface area contributed by atoms with Crippen molar-refractivity contribution >= 4 is 37.6 Å². The van der Waals surface area contributed by atoms with Crippen LogP contribution in [-0.2, 0) is 19.4 Å². The minimum absolute atomic E-state index is 0.0538. The van der Waals surface area contributed by atoms with Crippen molar-refractivity contribution in [3.63, 3.8) is 0 Å². The molecule has 1 atom stereocenters. The van der Waals surface area contributed by atoms with E-state index in [-0.39, 0.29) is 12.0 Å². The van der Waals surface area contributed by atoms with E-state index in [1.165, 1.54) is 7.11 Å². The van der Waals surface area contributed by atoms with Gasteiger partial charge < -0.3 is 10.1 Å². The van der Waals surface area contributed by atoms with Crippen LogP contribution in [0.15, 0.2) is 57.9 Å². The number of carbonyl (C=O) groups is 2. The zero-order valence-corrected chi connectivity index (χ0v) is 17.0. The molecule has 6 nitrogen and oxygen atoms in total. The number of alkyl halides is 2. The highest BCUT2D eigenvalue weighted by Gasteiger charge is 2.27. The van der Waals surface area contributed by atoms with Gasteiger partial charge in [0.2, 0.25) is 9.84 Å². The van der Waals surface area contributed by atoms with Crippen molar-refractivity contribution in [1.82, 2.24) is 5.32 Å². The van der Waals surface area contributed by atoms with Crippen molar-refractivity contribution in [2.75, 3.05) is 7.11 Å². The van der Waals surface area contributed by atoms with Crippen molar-refractivity contribution in [3.05, 3.63) is 64.1 Å². The number of ether oxygens (including phenoxy) is 1. The van der Waals surface area contributed by atoms with Crippen LogP contribution in [0.1, 0.15) is 28.4 Å². The fourth-order valence-electron chi connectivity index (χ4n) is 2.37. The van der Waals surface area contributed by atoms with E-state index >= 15 is 0 Å². The van der Waals surface area contributed by atoms with Gasteiger partial charge in [-0.15, -0.1) is 0 Å². The van der Waals surface area contributed by atoms with Crippen LogP contribution in [0.4, 0.5) is 8.78 Å². The molecule has 2 rings (SSSR count). The molecule has 1 unspecified atom stereocenters. The first-order valence-electron chi connectivity index (χ1n) is 7.90. The Labute approximate surface area is 168 Å². The van der Waals surface area contributed by atoms with E-state index in [2.05, 4.69) is 26.0 Å². The van der Waals surface area contributed by atoms with Crippen LogP contribution in [0, 0.1) is 0 Å². The van der Waals surface area contributed by atoms with Crippen LogP contribution < -0.4 is 5.32 Å². The molecule has 0 heterocycles. The number of nitrogens with one attached hydrogen (secondary N) is 1. The summed E-state index contributed by atoms with van der Waals surface area (Å²) in [7, 11) is -3.51. The second-order valence-corrected chi connectivity index (χ2v) is 8.52. The molecule has 0 bridgehead atoms. The summed E-state index contributed by atoms with van der Waals surface area (Å²) in [5, 5.41) is 2.66. The van der Waals surface area contributed by atoms with Crippen molar-refractivity contribution in [2.45, 2.75) is 23.1 Å². The van der Waals surface area contributed by atoms with E-state index in [0.717, 1.165) is 28.7 Å². The van der Waals surface area contributed by atoms with Crippen molar-refractivity contribution in [3.8, 4) is 0 Å². The number of sulfone groups is 1. The van der Waals surface area contributed by atoms with Gasteiger partial charge in [0.25, 0.3) is 5.91 Å². The van der Waals surface area contributed by atoms with Crippen molar-refractivity contribution in [2.24, 2.45) is 0 Å². The number of halogens is 3. The van der Waals surface area contributed by atoms with Crippen LogP contribution >= 0.6 is 15.9 Å². The number of amides is 1. The molecule has 2 aromatic rings. The highest BCUT2D eigenvalue weighted by Crippen LogP contribution is 2.23. The summed E-state index contributed by atoms with van der Waals surface area (Å²) >= 11 is 3.32. The van der Waals surface area contributed by atoms with Gasteiger partial charge in [-0.2, -0.15) is 8.78 Å². The minimum Gasteiger partial charge on any atom is -0.469 e. The molecular weight excluding hydrogens is 460 g/mol. The molecule has 0 aliphatic heterocycles. The molecular formula is C18H16BrF2NO5S. The first kappa shape index (κ1) is 22.0. The van der Waals surface area contributed by atoms with E-state index in [9.17, 15) is 26.8 Å². The number of esters is 1. The minimum atomic E-state index is -4.74. The predicted octanol–water partition coefficient (Wildman–Crippen LogP) is 3.48. The van der Waals surface area contributed by atoms with Gasteiger partial charge in [-0.3, -0.25) is 9.59 Å². The van der Waals surface area contributed by atoms with E-state index in [1.807, 2.05) is 0 Å². The lowest BCUT2D eigenvalue weighted by atomic mass is 10.0. The topological polar surface area (TPSA) is 89.5 Å². The number of methoxy groups -OCH3 is 1. The second-order valence-electron chi connectivity index (χ2n) is 5.69. The number of benzene rings is 2. The second kappa shape index (κ2) is 9.24. The van der Waals surface area contributed by atoms with Crippen LogP contribution in [0.3, 0.4) is 0 Å². The first-order valence-corrected chi connectivity index (χ1v) is 10.2. The third kappa shape index (κ3) is 5.35. The maximum Gasteiger partial charge on any atom is 0.341 e. The Bertz CT molecular complexity index is 964. The van der Waals surface area contributed by atoms with Gasteiger partial charge in [-0.25, -0.2) is 8.42 Å². The van der Waals surface area contributed by atoms with Crippen molar-refractivity contribution < 1.29 is 31.5 Å². The lowest BCUT2D eigenvalue weighted by molar-refractivity contribution is -0.141. The Hall–Kier alpha value is -2.33. The van der Waals surface area contributed by atoms with Gasteiger partial charge in [-0.1, -0.05) is 28.1 Å². The van der Waals surface area contributed by atoms with E-state index < -0.39 is 38.4 Å². The maximum absolute atomic E-state index is 12.6. The monoisotopic (exact) mass is 475 g/mol. The molecule has 10 heteroatoms. The number of hydrogen-bond acceptors (Lipinski definition) is 5. The number of hydrogen-bond donors (Lipinski definition) is 1. The number of carbonyl (C=O) groups excluding carboxylic acids is 2. The molecule has 1 amide bonds. The van der Waals surface area contributed by atoms with Gasteiger partial charge >= 0.3 is 11.7 Å². The average molecular weight is 476 g/mol. The van der Waals surface area contributed by atoms with E-state index in [1.54, 1.807) is 24.3 Å². The molecule has 0 spiro atoms. The highest BCUT2D eigenvalue weighted by atomic mass is 79.9. The average Bonchev–Trinajstić information content (AvgIpc) is 2.67. The quantitative estimate of drug-likeness (QED) is 0.619. The van der Waals surface area contributed by atoms with Gasteiger partial charge in [-0.05, 0) is 42.0 Å². The predicted molar refractivity (Wildman–Crippen MR) is 101 cm³/mol. The molecule has 28 heavy (non-hydrogen) atoms. The fourth-order valence-corrected chi connectivity index (χ4v) is 3.50. The summed E-state index contributed by atoms with van der Waals surface area (Å²) in [4.78, 5) is 23.6. The lowest BCUT2D eigenvalue weighted by Gasteiger charge is -2.18. The van der Waals surface area contributed by atoms with Gasteiger partial charge in [0.05, 0.1) is 24.5 Å². The summed E-state index contributed by atoms with van der Waals surface area (Å²) in [6.07, 6.45) is -0.128. The van der Waals surface area contributed by atoms with E-state index in [0.29, 0.717) is 5.56 Å².